The van der Waals surface area contributed by atoms with E-state index in [1.165, 1.54) is 0 Å². The van der Waals surface area contributed by atoms with Crippen molar-refractivity contribution in [1.82, 2.24) is 9.80 Å². The highest BCUT2D eigenvalue weighted by Crippen LogP contribution is 2.24. The second-order valence-electron chi connectivity index (χ2n) is 6.60. The monoisotopic (exact) mass is 386 g/mol. The van der Waals surface area contributed by atoms with Gasteiger partial charge in [-0.3, -0.25) is 0 Å². The van der Waals surface area contributed by atoms with E-state index in [2.05, 4.69) is 20.8 Å². The minimum Gasteiger partial charge on any atom is -0.496 e. The molecule has 0 saturated heterocycles. The molecule has 6 heteroatoms. The van der Waals surface area contributed by atoms with Gasteiger partial charge in [0.25, 0.3) is 0 Å². The van der Waals surface area contributed by atoms with Crippen LogP contribution in [0.5, 0.6) is 5.75 Å². The number of likely N-dealkylation sites (N-methyl/N-ethyl adjacent to an activating group) is 2. The summed E-state index contributed by atoms with van der Waals surface area (Å²) in [4.78, 5) is 15.7. The lowest BCUT2D eigenvalue weighted by Gasteiger charge is -2.26. The summed E-state index contributed by atoms with van der Waals surface area (Å²) in [5.41, 5.74) is 0.639. The number of hydrogen-bond donors (Lipinski definition) is 0. The molecule has 0 unspecified atom stereocenters. The van der Waals surface area contributed by atoms with Gasteiger partial charge in [0.15, 0.2) is 0 Å². The Balaban J connectivity index is 2.51. The molecule has 0 fully saturated rings. The first kappa shape index (κ1) is 19.8. The van der Waals surface area contributed by atoms with Gasteiger partial charge in [-0.2, -0.15) is 0 Å². The fraction of sp³-hybridized carbons (Fsp3) is 0.588. The number of methoxy groups -OCH3 is 1. The van der Waals surface area contributed by atoms with E-state index in [-0.39, 0.29) is 6.09 Å². The first-order valence-electron chi connectivity index (χ1n) is 7.57. The van der Waals surface area contributed by atoms with Gasteiger partial charge < -0.3 is 19.3 Å². The van der Waals surface area contributed by atoms with Gasteiger partial charge >= 0.3 is 6.09 Å². The molecule has 0 N–H and O–H groups in total. The average molecular weight is 387 g/mol. The molecule has 0 aliphatic carbocycles. The topological polar surface area (TPSA) is 42.0 Å². The second-order valence-corrected chi connectivity index (χ2v) is 7.51. The van der Waals surface area contributed by atoms with Crippen LogP contribution in [0.4, 0.5) is 4.79 Å². The fourth-order valence-electron chi connectivity index (χ4n) is 1.97. The molecule has 1 amide bonds. The normalized spacial score (nSPS) is 11.5. The third kappa shape index (κ3) is 7.22. The summed E-state index contributed by atoms with van der Waals surface area (Å²) < 4.78 is 11.7. The van der Waals surface area contributed by atoms with Crippen LogP contribution in [0, 0.1) is 0 Å². The van der Waals surface area contributed by atoms with E-state index in [0.717, 1.165) is 28.9 Å². The maximum atomic E-state index is 11.9. The maximum Gasteiger partial charge on any atom is 0.410 e. The van der Waals surface area contributed by atoms with E-state index in [9.17, 15) is 4.79 Å². The minimum atomic E-state index is -0.470. The number of amides is 1. The van der Waals surface area contributed by atoms with Gasteiger partial charge in [-0.1, -0.05) is 22.0 Å². The van der Waals surface area contributed by atoms with E-state index >= 15 is 0 Å². The molecule has 0 bridgehead atoms. The molecule has 0 heterocycles. The quantitative estimate of drug-likeness (QED) is 0.746. The molecule has 0 saturated carbocycles. The molecule has 23 heavy (non-hydrogen) atoms. The number of halogens is 1. The van der Waals surface area contributed by atoms with E-state index in [4.69, 9.17) is 9.47 Å². The van der Waals surface area contributed by atoms with E-state index in [1.807, 2.05) is 46.0 Å². The molecular weight excluding hydrogens is 360 g/mol. The van der Waals surface area contributed by atoms with Crippen molar-refractivity contribution in [2.24, 2.45) is 0 Å². The Hall–Kier alpha value is -1.27. The Morgan fingerprint density at radius 3 is 2.43 bits per heavy atom. The van der Waals surface area contributed by atoms with Crippen molar-refractivity contribution < 1.29 is 14.3 Å². The number of rotatable bonds is 6. The number of benzene rings is 1. The lowest BCUT2D eigenvalue weighted by molar-refractivity contribution is 0.0286. The highest BCUT2D eigenvalue weighted by Gasteiger charge is 2.19. The summed E-state index contributed by atoms with van der Waals surface area (Å²) in [6.45, 7) is 7.69. The van der Waals surface area contributed by atoms with Crippen molar-refractivity contribution in [3.05, 3.63) is 28.2 Å². The Bertz CT molecular complexity index is 529. The van der Waals surface area contributed by atoms with Crippen molar-refractivity contribution in [2.45, 2.75) is 32.9 Å². The number of carbonyl (C=O) groups excluding carboxylic acids is 1. The average Bonchev–Trinajstić information content (AvgIpc) is 2.44. The predicted octanol–water partition coefficient (Wildman–Crippen LogP) is 3.76. The molecule has 1 rings (SSSR count). The van der Waals surface area contributed by atoms with Crippen molar-refractivity contribution in [3.63, 3.8) is 0 Å². The summed E-state index contributed by atoms with van der Waals surface area (Å²) in [5.74, 6) is 0.853. The van der Waals surface area contributed by atoms with Crippen LogP contribution >= 0.6 is 15.9 Å². The first-order chi connectivity index (χ1) is 10.6. The van der Waals surface area contributed by atoms with Crippen LogP contribution in [-0.2, 0) is 11.3 Å². The number of carbonyl (C=O) groups is 1. The van der Waals surface area contributed by atoms with Crippen molar-refractivity contribution in [2.75, 3.05) is 34.3 Å². The third-order valence-corrected chi connectivity index (χ3v) is 3.70. The second kappa shape index (κ2) is 8.55. The van der Waals surface area contributed by atoms with Crippen LogP contribution in [0.25, 0.3) is 0 Å². The molecule has 0 aromatic heterocycles. The lowest BCUT2D eigenvalue weighted by atomic mass is 10.2. The van der Waals surface area contributed by atoms with Gasteiger partial charge in [-0.05, 0) is 40.0 Å². The SMILES string of the molecule is COc1cc(Br)ccc1CN(C)CCN(C)C(=O)OC(C)(C)C. The van der Waals surface area contributed by atoms with Gasteiger partial charge in [0, 0.05) is 36.7 Å². The Labute approximate surface area is 147 Å². The standard InChI is InChI=1S/C17H27BrN2O3/c1-17(2,3)23-16(21)20(5)10-9-19(4)12-13-7-8-14(18)11-15(13)22-6/h7-8,11H,9-10,12H2,1-6H3. The van der Waals surface area contributed by atoms with Crippen molar-refractivity contribution in [1.29, 1.82) is 0 Å². The summed E-state index contributed by atoms with van der Waals surface area (Å²) >= 11 is 3.44. The molecule has 1 aromatic rings. The lowest BCUT2D eigenvalue weighted by Crippen LogP contribution is -2.38. The molecule has 0 atom stereocenters. The summed E-state index contributed by atoms with van der Waals surface area (Å²) in [6.07, 6.45) is -0.299. The predicted molar refractivity (Wildman–Crippen MR) is 95.9 cm³/mol. The van der Waals surface area contributed by atoms with Crippen molar-refractivity contribution >= 4 is 22.0 Å². The molecule has 5 nitrogen and oxygen atoms in total. The van der Waals surface area contributed by atoms with E-state index in [0.29, 0.717) is 6.54 Å². The van der Waals surface area contributed by atoms with Crippen molar-refractivity contribution in [3.8, 4) is 5.75 Å². The largest absolute Gasteiger partial charge is 0.496 e. The zero-order valence-electron chi connectivity index (χ0n) is 14.9. The van der Waals surface area contributed by atoms with Crippen LogP contribution in [0.1, 0.15) is 26.3 Å². The maximum absolute atomic E-state index is 11.9. The van der Waals surface area contributed by atoms with Crippen LogP contribution < -0.4 is 4.74 Å². The summed E-state index contributed by atoms with van der Waals surface area (Å²) in [7, 11) is 5.44. The third-order valence-electron chi connectivity index (χ3n) is 3.21. The number of nitrogens with zero attached hydrogens (tertiary/aromatic N) is 2. The zero-order valence-corrected chi connectivity index (χ0v) is 16.4. The number of hydrogen-bond acceptors (Lipinski definition) is 4. The highest BCUT2D eigenvalue weighted by atomic mass is 79.9. The Kier molecular flexibility index (Phi) is 7.35. The van der Waals surface area contributed by atoms with Crippen LogP contribution in [0.2, 0.25) is 0 Å². The minimum absolute atomic E-state index is 0.299. The molecular formula is C17H27BrN2O3. The van der Waals surface area contributed by atoms with Gasteiger partial charge in [-0.25, -0.2) is 4.79 Å². The van der Waals surface area contributed by atoms with Crippen LogP contribution in [0.15, 0.2) is 22.7 Å². The van der Waals surface area contributed by atoms with E-state index < -0.39 is 5.60 Å². The van der Waals surface area contributed by atoms with Gasteiger partial charge in [0.1, 0.15) is 11.4 Å². The van der Waals surface area contributed by atoms with E-state index in [1.54, 1.807) is 19.1 Å². The van der Waals surface area contributed by atoms with Crippen LogP contribution in [-0.4, -0.2) is 55.8 Å². The Morgan fingerprint density at radius 2 is 1.87 bits per heavy atom. The summed E-state index contributed by atoms with van der Waals surface area (Å²) in [5, 5.41) is 0. The first-order valence-corrected chi connectivity index (χ1v) is 8.37. The van der Waals surface area contributed by atoms with Gasteiger partial charge in [0.2, 0.25) is 0 Å². The molecule has 130 valence electrons. The number of ether oxygens (including phenoxy) is 2. The molecule has 0 aliphatic heterocycles. The van der Waals surface area contributed by atoms with Gasteiger partial charge in [0.05, 0.1) is 7.11 Å². The molecule has 1 aromatic carbocycles. The molecule has 0 radical (unpaired) electrons. The zero-order chi connectivity index (χ0) is 17.6. The fourth-order valence-corrected chi connectivity index (χ4v) is 2.31. The Morgan fingerprint density at radius 1 is 1.22 bits per heavy atom. The van der Waals surface area contributed by atoms with Crippen LogP contribution in [0.3, 0.4) is 0 Å². The highest BCUT2D eigenvalue weighted by molar-refractivity contribution is 9.10. The van der Waals surface area contributed by atoms with Gasteiger partial charge in [-0.15, -0.1) is 0 Å². The molecule has 0 spiro atoms. The molecule has 0 aliphatic rings. The summed E-state index contributed by atoms with van der Waals surface area (Å²) in [6, 6.07) is 5.99. The smallest absolute Gasteiger partial charge is 0.410 e.